The molecular weight excluding hydrogens is 270 g/mol. The predicted molar refractivity (Wildman–Crippen MR) is 63.8 cm³/mol. The highest BCUT2D eigenvalue weighted by Gasteiger charge is 2.11. The van der Waals surface area contributed by atoms with Gasteiger partial charge in [-0.15, -0.1) is 0 Å². The lowest BCUT2D eigenvalue weighted by Crippen LogP contribution is -2.07. The van der Waals surface area contributed by atoms with Gasteiger partial charge in [-0.2, -0.15) is 5.10 Å². The molecule has 0 aliphatic carbocycles. The second-order valence-electron chi connectivity index (χ2n) is 3.57. The van der Waals surface area contributed by atoms with Gasteiger partial charge in [0.1, 0.15) is 12.2 Å². The normalized spacial score (nSPS) is 12.7. The minimum Gasteiger partial charge on any atom is -0.388 e. The topological polar surface area (TPSA) is 50.9 Å². The third-order valence-corrected chi connectivity index (χ3v) is 2.96. The highest BCUT2D eigenvalue weighted by atomic mass is 79.9. The summed E-state index contributed by atoms with van der Waals surface area (Å²) in [7, 11) is 1.82. The largest absolute Gasteiger partial charge is 0.388 e. The fraction of sp³-hybridized carbons (Fsp3) is 0.273. The quantitative estimate of drug-likeness (QED) is 0.934. The molecule has 1 aromatic carbocycles. The van der Waals surface area contributed by atoms with Crippen LogP contribution < -0.4 is 0 Å². The SMILES string of the molecule is Cn1ncnc1CC(O)c1ccc(Br)cc1. The molecule has 0 saturated carbocycles. The maximum atomic E-state index is 10.0. The van der Waals surface area contributed by atoms with Gasteiger partial charge >= 0.3 is 0 Å². The Balaban J connectivity index is 2.11. The molecule has 0 bridgehead atoms. The van der Waals surface area contributed by atoms with E-state index in [-0.39, 0.29) is 0 Å². The number of hydrogen-bond donors (Lipinski definition) is 1. The highest BCUT2D eigenvalue weighted by molar-refractivity contribution is 9.10. The van der Waals surface area contributed by atoms with Gasteiger partial charge in [0, 0.05) is 17.9 Å². The summed E-state index contributed by atoms with van der Waals surface area (Å²) in [5.41, 5.74) is 0.881. The number of nitrogens with zero attached hydrogens (tertiary/aromatic N) is 3. The number of rotatable bonds is 3. The summed E-state index contributed by atoms with van der Waals surface area (Å²) in [5, 5.41) is 14.0. The van der Waals surface area contributed by atoms with Crippen LogP contribution in [0.2, 0.25) is 0 Å². The van der Waals surface area contributed by atoms with Gasteiger partial charge < -0.3 is 5.11 Å². The molecule has 16 heavy (non-hydrogen) atoms. The third-order valence-electron chi connectivity index (χ3n) is 2.44. The minimum absolute atomic E-state index is 0.470. The number of halogens is 1. The van der Waals surface area contributed by atoms with E-state index in [0.717, 1.165) is 15.9 Å². The van der Waals surface area contributed by atoms with Crippen LogP contribution in [0, 0.1) is 0 Å². The Morgan fingerprint density at radius 1 is 1.38 bits per heavy atom. The Labute approximate surface area is 102 Å². The number of benzene rings is 1. The lowest BCUT2D eigenvalue weighted by molar-refractivity contribution is 0.174. The van der Waals surface area contributed by atoms with Crippen LogP contribution in [0.3, 0.4) is 0 Å². The van der Waals surface area contributed by atoms with Gasteiger partial charge in [0.15, 0.2) is 0 Å². The van der Waals surface area contributed by atoms with Crippen molar-refractivity contribution in [2.75, 3.05) is 0 Å². The molecule has 0 aliphatic heterocycles. The molecule has 0 spiro atoms. The molecule has 1 N–H and O–H groups in total. The van der Waals surface area contributed by atoms with E-state index in [4.69, 9.17) is 0 Å². The van der Waals surface area contributed by atoms with Gasteiger partial charge in [0.25, 0.3) is 0 Å². The molecule has 0 aliphatic rings. The summed E-state index contributed by atoms with van der Waals surface area (Å²) < 4.78 is 2.67. The molecule has 0 amide bonds. The Kier molecular flexibility index (Phi) is 3.36. The Morgan fingerprint density at radius 2 is 2.06 bits per heavy atom. The van der Waals surface area contributed by atoms with Crippen molar-refractivity contribution in [3.63, 3.8) is 0 Å². The molecule has 2 rings (SSSR count). The monoisotopic (exact) mass is 281 g/mol. The molecule has 1 heterocycles. The van der Waals surface area contributed by atoms with Crippen molar-refractivity contribution in [1.29, 1.82) is 0 Å². The first-order chi connectivity index (χ1) is 7.66. The van der Waals surface area contributed by atoms with Gasteiger partial charge in [-0.25, -0.2) is 4.98 Å². The fourth-order valence-corrected chi connectivity index (χ4v) is 1.74. The molecule has 1 aromatic heterocycles. The summed E-state index contributed by atoms with van der Waals surface area (Å²) in [6, 6.07) is 7.61. The van der Waals surface area contributed by atoms with E-state index in [1.54, 1.807) is 4.68 Å². The van der Waals surface area contributed by atoms with Gasteiger partial charge in [-0.1, -0.05) is 28.1 Å². The summed E-state index contributed by atoms with van der Waals surface area (Å²) in [6.07, 6.45) is 1.41. The van der Waals surface area contributed by atoms with Crippen LogP contribution >= 0.6 is 15.9 Å². The maximum Gasteiger partial charge on any atom is 0.138 e. The summed E-state index contributed by atoms with van der Waals surface area (Å²) >= 11 is 3.36. The number of hydrogen-bond acceptors (Lipinski definition) is 3. The first kappa shape index (κ1) is 11.3. The van der Waals surface area contributed by atoms with Gasteiger partial charge in [0.2, 0.25) is 0 Å². The van der Waals surface area contributed by atoms with Crippen LogP contribution in [0.4, 0.5) is 0 Å². The van der Waals surface area contributed by atoms with E-state index in [1.807, 2.05) is 31.3 Å². The van der Waals surface area contributed by atoms with Crippen LogP contribution in [0.25, 0.3) is 0 Å². The van der Waals surface area contributed by atoms with Crippen molar-refractivity contribution < 1.29 is 5.11 Å². The van der Waals surface area contributed by atoms with E-state index >= 15 is 0 Å². The zero-order valence-corrected chi connectivity index (χ0v) is 10.4. The van der Waals surface area contributed by atoms with Gasteiger partial charge in [-0.3, -0.25) is 4.68 Å². The average Bonchev–Trinajstić information content (AvgIpc) is 2.65. The first-order valence-corrected chi connectivity index (χ1v) is 5.72. The third kappa shape index (κ3) is 2.48. The molecule has 1 atom stereocenters. The van der Waals surface area contributed by atoms with Gasteiger partial charge in [-0.05, 0) is 17.7 Å². The minimum atomic E-state index is -0.545. The summed E-state index contributed by atoms with van der Waals surface area (Å²) in [4.78, 5) is 4.08. The van der Waals surface area contributed by atoms with Crippen molar-refractivity contribution in [1.82, 2.24) is 14.8 Å². The van der Waals surface area contributed by atoms with E-state index in [2.05, 4.69) is 26.0 Å². The number of aliphatic hydroxyl groups is 1. The van der Waals surface area contributed by atoms with Crippen molar-refractivity contribution in [2.45, 2.75) is 12.5 Å². The zero-order chi connectivity index (χ0) is 11.5. The van der Waals surface area contributed by atoms with Crippen LogP contribution in [-0.4, -0.2) is 19.9 Å². The standard InChI is InChI=1S/C11H12BrN3O/c1-15-11(13-7-14-15)6-10(16)8-2-4-9(12)5-3-8/h2-5,7,10,16H,6H2,1H3. The van der Waals surface area contributed by atoms with Crippen LogP contribution in [0.5, 0.6) is 0 Å². The molecule has 4 nitrogen and oxygen atoms in total. The smallest absolute Gasteiger partial charge is 0.138 e. The van der Waals surface area contributed by atoms with Crippen molar-refractivity contribution in [3.8, 4) is 0 Å². The van der Waals surface area contributed by atoms with E-state index in [0.29, 0.717) is 6.42 Å². The molecule has 84 valence electrons. The lowest BCUT2D eigenvalue weighted by atomic mass is 10.1. The predicted octanol–water partition coefficient (Wildman–Crippen LogP) is 1.85. The highest BCUT2D eigenvalue weighted by Crippen LogP contribution is 2.19. The van der Waals surface area contributed by atoms with E-state index in [1.165, 1.54) is 6.33 Å². The molecule has 0 radical (unpaired) electrons. The van der Waals surface area contributed by atoms with Crippen LogP contribution in [0.1, 0.15) is 17.5 Å². The summed E-state index contributed by atoms with van der Waals surface area (Å²) in [6.45, 7) is 0. The van der Waals surface area contributed by atoms with E-state index < -0.39 is 6.10 Å². The maximum absolute atomic E-state index is 10.0. The Hall–Kier alpha value is -1.20. The second-order valence-corrected chi connectivity index (χ2v) is 4.49. The van der Waals surface area contributed by atoms with Crippen molar-refractivity contribution in [3.05, 3.63) is 46.5 Å². The lowest BCUT2D eigenvalue weighted by Gasteiger charge is -2.10. The molecule has 0 saturated heterocycles. The molecule has 5 heteroatoms. The molecule has 2 aromatic rings. The summed E-state index contributed by atoms with van der Waals surface area (Å²) in [5.74, 6) is 0.774. The van der Waals surface area contributed by atoms with Crippen LogP contribution in [-0.2, 0) is 13.5 Å². The molecular formula is C11H12BrN3O. The Morgan fingerprint density at radius 3 is 2.62 bits per heavy atom. The molecule has 0 fully saturated rings. The fourth-order valence-electron chi connectivity index (χ4n) is 1.48. The van der Waals surface area contributed by atoms with Crippen LogP contribution in [0.15, 0.2) is 35.1 Å². The first-order valence-electron chi connectivity index (χ1n) is 4.93. The van der Waals surface area contributed by atoms with Crippen molar-refractivity contribution >= 4 is 15.9 Å². The van der Waals surface area contributed by atoms with Crippen molar-refractivity contribution in [2.24, 2.45) is 7.05 Å². The number of aromatic nitrogens is 3. The number of aliphatic hydroxyl groups excluding tert-OH is 1. The second kappa shape index (κ2) is 4.76. The average molecular weight is 282 g/mol. The van der Waals surface area contributed by atoms with E-state index in [9.17, 15) is 5.11 Å². The molecule has 1 unspecified atom stereocenters. The zero-order valence-electron chi connectivity index (χ0n) is 8.84. The Bertz CT molecular complexity index is 466. The van der Waals surface area contributed by atoms with Gasteiger partial charge in [0.05, 0.1) is 6.10 Å². The number of aryl methyl sites for hydroxylation is 1.